The highest BCUT2D eigenvalue weighted by Crippen LogP contribution is 2.21. The molecule has 0 saturated carbocycles. The maximum Gasteiger partial charge on any atom is 0.277 e. The van der Waals surface area contributed by atoms with E-state index in [2.05, 4.69) is 44.9 Å². The van der Waals surface area contributed by atoms with Crippen LogP contribution in [0, 0.1) is 0 Å². The summed E-state index contributed by atoms with van der Waals surface area (Å²) in [5.74, 6) is 0.733. The van der Waals surface area contributed by atoms with Gasteiger partial charge in [-0.1, -0.05) is 20.3 Å². The van der Waals surface area contributed by atoms with Crippen LogP contribution in [0.1, 0.15) is 60.0 Å². The molecule has 4 N–H and O–H groups in total. The number of carbonyl (C=O) groups excluding carboxylic acids is 1. The second kappa shape index (κ2) is 6.31. The Morgan fingerprint density at radius 3 is 3.09 bits per heavy atom. The lowest BCUT2D eigenvalue weighted by Crippen LogP contribution is -2.25. The van der Waals surface area contributed by atoms with Gasteiger partial charge in [0.2, 0.25) is 0 Å². The van der Waals surface area contributed by atoms with E-state index in [0.29, 0.717) is 24.0 Å². The van der Waals surface area contributed by atoms with E-state index in [-0.39, 0.29) is 5.91 Å². The third kappa shape index (κ3) is 2.89. The highest BCUT2D eigenvalue weighted by atomic mass is 16.2. The summed E-state index contributed by atoms with van der Waals surface area (Å²) in [6.07, 6.45) is 3.08. The molecule has 1 aliphatic rings. The van der Waals surface area contributed by atoms with Gasteiger partial charge in [-0.25, -0.2) is 0 Å². The molecule has 0 fully saturated rings. The standard InChI is InChI=1S/C15H22N6O/c1-3-4-9(2)12-7-13(20-19-12)17-15(22)14-10-8-16-6-5-11(10)18-21-14/h7,9,16H,3-6,8H2,1-2H3,(H,18,21)(H2,17,19,20,22). The van der Waals surface area contributed by atoms with E-state index in [9.17, 15) is 4.79 Å². The summed E-state index contributed by atoms with van der Waals surface area (Å²) in [5, 5.41) is 20.4. The minimum atomic E-state index is -0.220. The summed E-state index contributed by atoms with van der Waals surface area (Å²) < 4.78 is 0. The summed E-state index contributed by atoms with van der Waals surface area (Å²) in [5.41, 5.74) is 3.50. The van der Waals surface area contributed by atoms with E-state index in [1.54, 1.807) is 0 Å². The van der Waals surface area contributed by atoms with Crippen molar-refractivity contribution < 1.29 is 4.79 Å². The predicted molar refractivity (Wildman–Crippen MR) is 83.9 cm³/mol. The number of anilines is 1. The predicted octanol–water partition coefficient (Wildman–Crippen LogP) is 1.93. The zero-order chi connectivity index (χ0) is 15.5. The molecule has 7 heteroatoms. The van der Waals surface area contributed by atoms with Crippen molar-refractivity contribution in [3.63, 3.8) is 0 Å². The van der Waals surface area contributed by atoms with Gasteiger partial charge in [0.15, 0.2) is 11.5 Å². The number of hydrogen-bond donors (Lipinski definition) is 4. The van der Waals surface area contributed by atoms with Crippen molar-refractivity contribution >= 4 is 11.7 Å². The molecule has 2 aromatic rings. The van der Waals surface area contributed by atoms with E-state index < -0.39 is 0 Å². The van der Waals surface area contributed by atoms with Gasteiger partial charge in [-0.2, -0.15) is 10.2 Å². The number of fused-ring (bicyclic) bond motifs is 1. The van der Waals surface area contributed by atoms with Crippen LogP contribution in [0.4, 0.5) is 5.82 Å². The van der Waals surface area contributed by atoms with Crippen LogP contribution < -0.4 is 10.6 Å². The topological polar surface area (TPSA) is 98.5 Å². The highest BCUT2D eigenvalue weighted by molar-refractivity contribution is 6.03. The van der Waals surface area contributed by atoms with Crippen LogP contribution in [0.5, 0.6) is 0 Å². The Hall–Kier alpha value is -2.15. The van der Waals surface area contributed by atoms with Gasteiger partial charge < -0.3 is 10.6 Å². The third-order valence-corrected chi connectivity index (χ3v) is 4.11. The molecule has 0 aromatic carbocycles. The van der Waals surface area contributed by atoms with E-state index in [0.717, 1.165) is 42.8 Å². The Morgan fingerprint density at radius 1 is 1.41 bits per heavy atom. The first-order valence-corrected chi connectivity index (χ1v) is 7.82. The van der Waals surface area contributed by atoms with Crippen LogP contribution in [-0.2, 0) is 13.0 Å². The summed E-state index contributed by atoms with van der Waals surface area (Å²) in [6, 6.07) is 1.90. The molecule has 22 heavy (non-hydrogen) atoms. The second-order valence-corrected chi connectivity index (χ2v) is 5.81. The Kier molecular flexibility index (Phi) is 4.24. The number of hydrogen-bond acceptors (Lipinski definition) is 4. The molecular weight excluding hydrogens is 280 g/mol. The van der Waals surface area contributed by atoms with E-state index in [1.165, 1.54) is 0 Å². The molecule has 1 aliphatic heterocycles. The molecule has 0 bridgehead atoms. The first kappa shape index (κ1) is 14.8. The third-order valence-electron chi connectivity index (χ3n) is 4.11. The number of nitrogens with one attached hydrogen (secondary N) is 4. The minimum absolute atomic E-state index is 0.220. The van der Waals surface area contributed by atoms with Crippen LogP contribution in [0.15, 0.2) is 6.07 Å². The fourth-order valence-corrected chi connectivity index (χ4v) is 2.83. The van der Waals surface area contributed by atoms with Crippen molar-refractivity contribution in [3.05, 3.63) is 28.7 Å². The number of aromatic amines is 2. The quantitative estimate of drug-likeness (QED) is 0.678. The monoisotopic (exact) mass is 302 g/mol. The zero-order valence-corrected chi connectivity index (χ0v) is 13.0. The second-order valence-electron chi connectivity index (χ2n) is 5.81. The normalized spacial score (nSPS) is 15.4. The van der Waals surface area contributed by atoms with Crippen LogP contribution in [-0.4, -0.2) is 32.8 Å². The van der Waals surface area contributed by atoms with Gasteiger partial charge in [0.05, 0.1) is 0 Å². The van der Waals surface area contributed by atoms with E-state index in [4.69, 9.17) is 0 Å². The first-order valence-electron chi connectivity index (χ1n) is 7.82. The van der Waals surface area contributed by atoms with E-state index >= 15 is 0 Å². The average Bonchev–Trinajstić information content (AvgIpc) is 3.14. The highest BCUT2D eigenvalue weighted by Gasteiger charge is 2.22. The molecular formula is C15H22N6O. The van der Waals surface area contributed by atoms with Crippen LogP contribution >= 0.6 is 0 Å². The van der Waals surface area contributed by atoms with Gasteiger partial charge in [-0.05, 0) is 12.3 Å². The number of amides is 1. The smallest absolute Gasteiger partial charge is 0.277 e. The van der Waals surface area contributed by atoms with Crippen molar-refractivity contribution in [2.75, 3.05) is 11.9 Å². The summed E-state index contributed by atoms with van der Waals surface area (Å²) in [4.78, 5) is 12.4. The number of rotatable bonds is 5. The molecule has 0 spiro atoms. The molecule has 2 aromatic heterocycles. The molecule has 0 saturated heterocycles. The van der Waals surface area contributed by atoms with Crippen molar-refractivity contribution in [3.8, 4) is 0 Å². The van der Waals surface area contributed by atoms with Crippen LogP contribution in [0.3, 0.4) is 0 Å². The Balaban J connectivity index is 1.71. The fourth-order valence-electron chi connectivity index (χ4n) is 2.83. The largest absolute Gasteiger partial charge is 0.312 e. The molecule has 1 unspecified atom stereocenters. The number of aromatic nitrogens is 4. The van der Waals surface area contributed by atoms with Crippen molar-refractivity contribution in [1.29, 1.82) is 0 Å². The van der Waals surface area contributed by atoms with Gasteiger partial charge in [0.1, 0.15) is 0 Å². The van der Waals surface area contributed by atoms with Crippen molar-refractivity contribution in [2.24, 2.45) is 0 Å². The van der Waals surface area contributed by atoms with Crippen molar-refractivity contribution in [2.45, 2.75) is 45.6 Å². The molecule has 7 nitrogen and oxygen atoms in total. The van der Waals surface area contributed by atoms with Gasteiger partial charge in [0, 0.05) is 42.5 Å². The SMILES string of the molecule is CCCC(C)c1cc(NC(=O)c2n[nH]c3c2CNCC3)n[nH]1. The van der Waals surface area contributed by atoms with Crippen molar-refractivity contribution in [1.82, 2.24) is 25.7 Å². The molecule has 3 heterocycles. The number of H-pyrrole nitrogens is 2. The van der Waals surface area contributed by atoms with Gasteiger partial charge in [-0.3, -0.25) is 15.0 Å². The molecule has 118 valence electrons. The number of nitrogens with zero attached hydrogens (tertiary/aromatic N) is 2. The van der Waals surface area contributed by atoms with Gasteiger partial charge in [-0.15, -0.1) is 0 Å². The lowest BCUT2D eigenvalue weighted by Gasteiger charge is -2.12. The Morgan fingerprint density at radius 2 is 2.27 bits per heavy atom. The molecule has 1 atom stereocenters. The van der Waals surface area contributed by atoms with Crippen LogP contribution in [0.2, 0.25) is 0 Å². The molecule has 3 rings (SSSR count). The molecule has 0 radical (unpaired) electrons. The number of carbonyl (C=O) groups is 1. The Bertz CT molecular complexity index is 659. The average molecular weight is 302 g/mol. The lowest BCUT2D eigenvalue weighted by atomic mass is 10.0. The van der Waals surface area contributed by atoms with Gasteiger partial charge >= 0.3 is 0 Å². The molecule has 1 amide bonds. The zero-order valence-electron chi connectivity index (χ0n) is 13.0. The van der Waals surface area contributed by atoms with E-state index in [1.807, 2.05) is 6.07 Å². The summed E-state index contributed by atoms with van der Waals surface area (Å²) in [7, 11) is 0. The molecule has 0 aliphatic carbocycles. The lowest BCUT2D eigenvalue weighted by molar-refractivity contribution is 0.102. The maximum atomic E-state index is 12.4. The summed E-state index contributed by atoms with van der Waals surface area (Å²) in [6.45, 7) is 5.89. The van der Waals surface area contributed by atoms with Crippen LogP contribution in [0.25, 0.3) is 0 Å². The maximum absolute atomic E-state index is 12.4. The minimum Gasteiger partial charge on any atom is -0.312 e. The van der Waals surface area contributed by atoms with Gasteiger partial charge in [0.25, 0.3) is 5.91 Å². The summed E-state index contributed by atoms with van der Waals surface area (Å²) >= 11 is 0. The Labute approximate surface area is 129 Å². The fraction of sp³-hybridized carbons (Fsp3) is 0.533. The first-order chi connectivity index (χ1) is 10.7.